The second-order valence-electron chi connectivity index (χ2n) is 6.48. The molecule has 0 amide bonds. The van der Waals surface area contributed by atoms with Gasteiger partial charge in [0.25, 0.3) is 0 Å². The Morgan fingerprint density at radius 2 is 1.56 bits per heavy atom. The molecular weight excluding hydrogens is 356 g/mol. The lowest BCUT2D eigenvalue weighted by molar-refractivity contribution is 0.0702. The highest BCUT2D eigenvalue weighted by atomic mass is 32.1. The second-order valence-corrected chi connectivity index (χ2v) is 7.52. The second kappa shape index (κ2) is 16.4. The van der Waals surface area contributed by atoms with Crippen molar-refractivity contribution in [3.05, 3.63) is 53.5 Å². The third-order valence-electron chi connectivity index (χ3n) is 4.08. The summed E-state index contributed by atoms with van der Waals surface area (Å²) in [6.07, 6.45) is 25.1. The molecule has 1 rings (SSSR count). The van der Waals surface area contributed by atoms with E-state index in [1.807, 2.05) is 0 Å². The fraction of sp³-hybridized carbons (Fsp3) is 0.522. The van der Waals surface area contributed by atoms with Crippen LogP contribution in [0.3, 0.4) is 0 Å². The van der Waals surface area contributed by atoms with Crippen molar-refractivity contribution in [2.75, 3.05) is 6.61 Å². The maximum atomic E-state index is 10.8. The molecule has 1 aromatic rings. The molecule has 0 aliphatic rings. The van der Waals surface area contributed by atoms with E-state index in [1.54, 1.807) is 12.1 Å². The molecule has 4 heteroatoms. The van der Waals surface area contributed by atoms with Gasteiger partial charge in [-0.1, -0.05) is 80.4 Å². The number of hydrogen-bond donors (Lipinski definition) is 1. The van der Waals surface area contributed by atoms with Crippen LogP contribution in [0.4, 0.5) is 0 Å². The molecule has 0 saturated heterocycles. The van der Waals surface area contributed by atoms with Crippen molar-refractivity contribution < 1.29 is 14.6 Å². The summed E-state index contributed by atoms with van der Waals surface area (Å²) in [5, 5.41) is 9.56. The third-order valence-corrected chi connectivity index (χ3v) is 5.07. The number of carbonyl (C=O) groups is 1. The molecule has 0 spiro atoms. The van der Waals surface area contributed by atoms with Crippen LogP contribution in [0.25, 0.3) is 0 Å². The van der Waals surface area contributed by atoms with Crippen LogP contribution in [-0.2, 0) is 0 Å². The topological polar surface area (TPSA) is 46.5 Å². The highest BCUT2D eigenvalue weighted by Crippen LogP contribution is 2.24. The van der Waals surface area contributed by atoms with Crippen LogP contribution in [0.15, 0.2) is 48.6 Å². The Hall–Kier alpha value is -1.81. The van der Waals surface area contributed by atoms with E-state index in [-0.39, 0.29) is 0 Å². The van der Waals surface area contributed by atoms with Gasteiger partial charge in [0.15, 0.2) is 5.06 Å². The number of carboxylic acid groups (broad SMARTS) is 1. The van der Waals surface area contributed by atoms with Gasteiger partial charge in [0.05, 0.1) is 6.61 Å². The SMILES string of the molecule is CCC=CCC=CCC=CCCCCCCCCOc1ccc(C(=O)O)s1. The summed E-state index contributed by atoms with van der Waals surface area (Å²) < 4.78 is 5.59. The fourth-order valence-corrected chi connectivity index (χ4v) is 3.30. The lowest BCUT2D eigenvalue weighted by atomic mass is 10.1. The third kappa shape index (κ3) is 13.1. The molecule has 0 fully saturated rings. The maximum absolute atomic E-state index is 10.8. The van der Waals surface area contributed by atoms with Crippen molar-refractivity contribution in [1.82, 2.24) is 0 Å². The summed E-state index contributed by atoms with van der Waals surface area (Å²) in [6, 6.07) is 3.33. The summed E-state index contributed by atoms with van der Waals surface area (Å²) >= 11 is 1.19. The van der Waals surface area contributed by atoms with Crippen LogP contribution >= 0.6 is 11.3 Å². The van der Waals surface area contributed by atoms with Crippen LogP contribution in [-0.4, -0.2) is 17.7 Å². The summed E-state index contributed by atoms with van der Waals surface area (Å²) in [7, 11) is 0. The van der Waals surface area contributed by atoms with Crippen LogP contribution in [0.1, 0.15) is 80.8 Å². The number of allylic oxidation sites excluding steroid dienone is 6. The summed E-state index contributed by atoms with van der Waals surface area (Å²) in [6.45, 7) is 2.83. The quantitative estimate of drug-likeness (QED) is 0.236. The number of rotatable bonds is 16. The molecule has 27 heavy (non-hydrogen) atoms. The van der Waals surface area contributed by atoms with Crippen molar-refractivity contribution in [2.45, 2.75) is 71.1 Å². The number of unbranched alkanes of at least 4 members (excludes halogenated alkanes) is 6. The average molecular weight is 391 g/mol. The molecule has 0 radical (unpaired) electrons. The molecule has 1 aromatic heterocycles. The molecule has 150 valence electrons. The van der Waals surface area contributed by atoms with E-state index in [9.17, 15) is 4.79 Å². The molecule has 0 bridgehead atoms. The standard InChI is InChI=1S/C23H34O3S/c1-2-3-4-5-6-7-8-9-10-11-12-13-14-15-16-17-20-26-22-19-18-21(27-22)23(24)25/h3-4,6-7,9-10,18-19H,2,5,8,11-17,20H2,1H3,(H,24,25). The number of thiophene rings is 1. The number of aromatic carboxylic acids is 1. The largest absolute Gasteiger partial charge is 0.484 e. The predicted octanol–water partition coefficient (Wildman–Crippen LogP) is 7.41. The first-order chi connectivity index (χ1) is 13.2. The van der Waals surface area contributed by atoms with E-state index >= 15 is 0 Å². The van der Waals surface area contributed by atoms with Crippen LogP contribution in [0, 0.1) is 0 Å². The maximum Gasteiger partial charge on any atom is 0.345 e. The van der Waals surface area contributed by atoms with Gasteiger partial charge in [0.1, 0.15) is 4.88 Å². The van der Waals surface area contributed by atoms with Crippen LogP contribution in [0.5, 0.6) is 5.06 Å². The Kier molecular flexibility index (Phi) is 14.1. The van der Waals surface area contributed by atoms with E-state index in [1.165, 1.54) is 49.9 Å². The molecule has 1 heterocycles. The van der Waals surface area contributed by atoms with Crippen molar-refractivity contribution in [3.63, 3.8) is 0 Å². The zero-order valence-corrected chi connectivity index (χ0v) is 17.4. The van der Waals surface area contributed by atoms with E-state index < -0.39 is 5.97 Å². The van der Waals surface area contributed by atoms with Crippen molar-refractivity contribution >= 4 is 17.3 Å². The molecule has 0 unspecified atom stereocenters. The van der Waals surface area contributed by atoms with E-state index in [4.69, 9.17) is 9.84 Å². The molecule has 0 aromatic carbocycles. The Morgan fingerprint density at radius 1 is 0.926 bits per heavy atom. The first-order valence-electron chi connectivity index (χ1n) is 10.1. The van der Waals surface area contributed by atoms with Gasteiger partial charge in [-0.2, -0.15) is 0 Å². The van der Waals surface area contributed by atoms with Gasteiger partial charge in [-0.25, -0.2) is 4.79 Å². The highest BCUT2D eigenvalue weighted by molar-refractivity contribution is 7.15. The summed E-state index contributed by atoms with van der Waals surface area (Å²) in [4.78, 5) is 11.1. The Balaban J connectivity index is 1.86. The first kappa shape index (κ1) is 23.2. The minimum atomic E-state index is -0.888. The normalized spacial score (nSPS) is 11.9. The zero-order chi connectivity index (χ0) is 19.6. The average Bonchev–Trinajstić information content (AvgIpc) is 3.13. The monoisotopic (exact) mass is 390 g/mol. The minimum absolute atomic E-state index is 0.333. The number of carboxylic acids is 1. The predicted molar refractivity (Wildman–Crippen MR) is 116 cm³/mol. The Labute approximate surface area is 168 Å². The fourth-order valence-electron chi connectivity index (χ4n) is 2.58. The van der Waals surface area contributed by atoms with Gasteiger partial charge in [-0.05, 0) is 50.7 Å². The first-order valence-corrected chi connectivity index (χ1v) is 11.0. The van der Waals surface area contributed by atoms with Crippen LogP contribution in [0.2, 0.25) is 0 Å². The van der Waals surface area contributed by atoms with Gasteiger partial charge in [-0.15, -0.1) is 0 Å². The number of ether oxygens (including phenoxy) is 1. The zero-order valence-electron chi connectivity index (χ0n) is 16.6. The van der Waals surface area contributed by atoms with E-state index in [0.717, 1.165) is 25.7 Å². The molecular formula is C23H34O3S. The van der Waals surface area contributed by atoms with Gasteiger partial charge in [0, 0.05) is 0 Å². The smallest absolute Gasteiger partial charge is 0.345 e. The highest BCUT2D eigenvalue weighted by Gasteiger charge is 2.07. The Bertz CT molecular complexity index is 584. The lowest BCUT2D eigenvalue weighted by Crippen LogP contribution is -1.95. The summed E-state index contributed by atoms with van der Waals surface area (Å²) in [5.74, 6) is -0.888. The van der Waals surface area contributed by atoms with Gasteiger partial charge >= 0.3 is 5.97 Å². The number of hydrogen-bond acceptors (Lipinski definition) is 3. The van der Waals surface area contributed by atoms with Gasteiger partial charge in [-0.3, -0.25) is 0 Å². The van der Waals surface area contributed by atoms with Crippen molar-refractivity contribution in [2.24, 2.45) is 0 Å². The minimum Gasteiger partial charge on any atom is -0.484 e. The Morgan fingerprint density at radius 3 is 2.22 bits per heavy atom. The molecule has 3 nitrogen and oxygen atoms in total. The van der Waals surface area contributed by atoms with Crippen molar-refractivity contribution in [1.29, 1.82) is 0 Å². The molecule has 0 aliphatic carbocycles. The molecule has 0 saturated carbocycles. The molecule has 0 atom stereocenters. The van der Waals surface area contributed by atoms with E-state index in [2.05, 4.69) is 43.4 Å². The molecule has 0 aliphatic heterocycles. The van der Waals surface area contributed by atoms with Crippen molar-refractivity contribution in [3.8, 4) is 5.06 Å². The van der Waals surface area contributed by atoms with Gasteiger partial charge < -0.3 is 9.84 Å². The molecule has 1 N–H and O–H groups in total. The van der Waals surface area contributed by atoms with Crippen LogP contribution < -0.4 is 4.74 Å². The van der Waals surface area contributed by atoms with E-state index in [0.29, 0.717) is 16.5 Å². The van der Waals surface area contributed by atoms with Gasteiger partial charge in [0.2, 0.25) is 0 Å². The lowest BCUT2D eigenvalue weighted by Gasteiger charge is -2.03. The summed E-state index contributed by atoms with van der Waals surface area (Å²) in [5.41, 5.74) is 0.